The van der Waals surface area contributed by atoms with Crippen molar-refractivity contribution in [1.29, 1.82) is 0 Å². The van der Waals surface area contributed by atoms with Gasteiger partial charge in [-0.3, -0.25) is 4.79 Å². The van der Waals surface area contributed by atoms with Crippen molar-refractivity contribution in [2.24, 2.45) is 5.92 Å². The molecule has 1 N–H and O–H groups in total. The van der Waals surface area contributed by atoms with Crippen LogP contribution >= 0.6 is 11.6 Å². The molecule has 2 aromatic carbocycles. The molecule has 37 heavy (non-hydrogen) atoms. The van der Waals surface area contributed by atoms with Gasteiger partial charge >= 0.3 is 0 Å². The third kappa shape index (κ3) is 6.49. The van der Waals surface area contributed by atoms with Crippen molar-refractivity contribution in [2.45, 2.75) is 50.8 Å². The van der Waals surface area contributed by atoms with Crippen LogP contribution in [-0.4, -0.2) is 48.5 Å². The summed E-state index contributed by atoms with van der Waals surface area (Å²) in [6, 6.07) is 12.1. The minimum atomic E-state index is -3.80. The fourth-order valence-corrected chi connectivity index (χ4v) is 6.03. The van der Waals surface area contributed by atoms with Gasteiger partial charge in [-0.25, -0.2) is 8.42 Å². The Labute approximate surface area is 222 Å². The van der Waals surface area contributed by atoms with Gasteiger partial charge in [0, 0.05) is 42.1 Å². The smallest absolute Gasteiger partial charge is 0.246 e. The molecule has 0 bridgehead atoms. The lowest BCUT2D eigenvalue weighted by atomic mass is 9.97. The fraction of sp³-hybridized carbons (Fsp3) is 0.423. The van der Waals surface area contributed by atoms with E-state index in [1.54, 1.807) is 19.1 Å². The highest BCUT2D eigenvalue weighted by molar-refractivity contribution is 7.89. The van der Waals surface area contributed by atoms with Gasteiger partial charge in [-0.05, 0) is 55.7 Å². The molecule has 1 amide bonds. The molecule has 0 aliphatic carbocycles. The molecule has 0 radical (unpaired) electrons. The van der Waals surface area contributed by atoms with Crippen LogP contribution in [0.2, 0.25) is 5.02 Å². The zero-order chi connectivity index (χ0) is 26.6. The first kappa shape index (κ1) is 27.1. The molecule has 1 saturated heterocycles. The molecule has 11 heteroatoms. The fourth-order valence-electron chi connectivity index (χ4n) is 4.16. The summed E-state index contributed by atoms with van der Waals surface area (Å²) < 4.78 is 38.7. The normalized spacial score (nSPS) is 15.2. The highest BCUT2D eigenvalue weighted by atomic mass is 35.5. The third-order valence-electron chi connectivity index (χ3n) is 6.21. The summed E-state index contributed by atoms with van der Waals surface area (Å²) in [5.74, 6) is 1.27. The Morgan fingerprint density at radius 3 is 2.51 bits per heavy atom. The molecule has 9 nitrogen and oxygen atoms in total. The first-order valence-electron chi connectivity index (χ1n) is 12.3. The maximum absolute atomic E-state index is 13.3. The molecule has 198 valence electrons. The van der Waals surface area contributed by atoms with Crippen LogP contribution in [0.4, 0.5) is 5.69 Å². The van der Waals surface area contributed by atoms with E-state index >= 15 is 0 Å². The van der Waals surface area contributed by atoms with Crippen molar-refractivity contribution in [3.63, 3.8) is 0 Å². The van der Waals surface area contributed by atoms with Crippen molar-refractivity contribution in [2.75, 3.05) is 25.0 Å². The van der Waals surface area contributed by atoms with Crippen LogP contribution in [-0.2, 0) is 21.2 Å². The average Bonchev–Trinajstić information content (AvgIpc) is 3.35. The lowest BCUT2D eigenvalue weighted by Crippen LogP contribution is -2.41. The molecule has 0 atom stereocenters. The van der Waals surface area contributed by atoms with Gasteiger partial charge in [-0.2, -0.15) is 9.29 Å². The maximum atomic E-state index is 13.3. The van der Waals surface area contributed by atoms with Crippen LogP contribution in [0, 0.1) is 5.92 Å². The molecule has 4 rings (SSSR count). The standard InChI is InChI=1S/C26H31ClN4O5S/c1-4-35-22-10-7-20(27)16-23(22)37(33,34)31-13-11-19(12-14-31)25(32)28-21-8-5-18(6-9-21)15-24-29-26(17(2)3)36-30-24/h5-10,16-17,19H,4,11-15H2,1-3H3,(H,28,32). The molecule has 0 unspecified atom stereocenters. The first-order chi connectivity index (χ1) is 17.7. The lowest BCUT2D eigenvalue weighted by Gasteiger charge is -2.31. The highest BCUT2D eigenvalue weighted by Gasteiger charge is 2.34. The Kier molecular flexibility index (Phi) is 8.51. The Morgan fingerprint density at radius 1 is 1.19 bits per heavy atom. The molecule has 3 aromatic rings. The molecule has 0 spiro atoms. The molecule has 1 fully saturated rings. The monoisotopic (exact) mass is 546 g/mol. The average molecular weight is 547 g/mol. The third-order valence-corrected chi connectivity index (χ3v) is 8.36. The molecular formula is C26H31ClN4O5S. The summed E-state index contributed by atoms with van der Waals surface area (Å²) in [7, 11) is -3.80. The van der Waals surface area contributed by atoms with Crippen LogP contribution in [0.3, 0.4) is 0 Å². The van der Waals surface area contributed by atoms with Crippen molar-refractivity contribution >= 4 is 33.2 Å². The van der Waals surface area contributed by atoms with Crippen molar-refractivity contribution in [3.8, 4) is 5.75 Å². The number of aromatic nitrogens is 2. The van der Waals surface area contributed by atoms with E-state index in [1.807, 2.05) is 38.1 Å². The summed E-state index contributed by atoms with van der Waals surface area (Å²) in [6.45, 7) is 6.59. The van der Waals surface area contributed by atoms with Crippen LogP contribution in [0.25, 0.3) is 0 Å². The number of carbonyl (C=O) groups is 1. The van der Waals surface area contributed by atoms with Crippen LogP contribution < -0.4 is 10.1 Å². The topological polar surface area (TPSA) is 115 Å². The number of halogens is 1. The van der Waals surface area contributed by atoms with E-state index in [-0.39, 0.29) is 41.5 Å². The largest absolute Gasteiger partial charge is 0.492 e. The van der Waals surface area contributed by atoms with Gasteiger partial charge in [-0.1, -0.05) is 42.7 Å². The van der Waals surface area contributed by atoms with Crippen molar-refractivity contribution in [1.82, 2.24) is 14.4 Å². The second-order valence-electron chi connectivity index (χ2n) is 9.27. The number of piperidine rings is 1. The number of nitrogens with zero attached hydrogens (tertiary/aromatic N) is 3. The SMILES string of the molecule is CCOc1ccc(Cl)cc1S(=O)(=O)N1CCC(C(=O)Nc2ccc(Cc3noc(C(C)C)n3)cc2)CC1. The minimum Gasteiger partial charge on any atom is -0.492 e. The molecule has 1 aliphatic heterocycles. The quantitative estimate of drug-likeness (QED) is 0.407. The number of amides is 1. The van der Waals surface area contributed by atoms with E-state index in [0.717, 1.165) is 5.56 Å². The predicted octanol–water partition coefficient (Wildman–Crippen LogP) is 4.88. The molecular weight excluding hydrogens is 516 g/mol. The number of hydrogen-bond acceptors (Lipinski definition) is 7. The maximum Gasteiger partial charge on any atom is 0.246 e. The Hall–Kier alpha value is -2.95. The van der Waals surface area contributed by atoms with E-state index in [4.69, 9.17) is 20.9 Å². The Morgan fingerprint density at radius 2 is 1.89 bits per heavy atom. The Balaban J connectivity index is 1.33. The summed E-state index contributed by atoms with van der Waals surface area (Å²) in [6.07, 6.45) is 1.38. The van der Waals surface area contributed by atoms with Gasteiger partial charge in [0.15, 0.2) is 5.82 Å². The number of benzene rings is 2. The van der Waals surface area contributed by atoms with Gasteiger partial charge in [0.1, 0.15) is 10.6 Å². The molecule has 1 aliphatic rings. The van der Waals surface area contributed by atoms with Gasteiger partial charge in [-0.15, -0.1) is 0 Å². The second kappa shape index (κ2) is 11.6. The van der Waals surface area contributed by atoms with Gasteiger partial charge < -0.3 is 14.6 Å². The summed E-state index contributed by atoms with van der Waals surface area (Å²) in [4.78, 5) is 17.3. The molecule has 2 heterocycles. The van der Waals surface area contributed by atoms with Gasteiger partial charge in [0.05, 0.1) is 6.61 Å². The first-order valence-corrected chi connectivity index (χ1v) is 14.1. The van der Waals surface area contributed by atoms with E-state index in [9.17, 15) is 13.2 Å². The van der Waals surface area contributed by atoms with Crippen LogP contribution in [0.5, 0.6) is 5.75 Å². The molecule has 0 saturated carbocycles. The Bertz CT molecular complexity index is 1330. The van der Waals surface area contributed by atoms with Crippen molar-refractivity contribution in [3.05, 3.63) is 64.8 Å². The predicted molar refractivity (Wildman–Crippen MR) is 140 cm³/mol. The van der Waals surface area contributed by atoms with E-state index in [1.165, 1.54) is 10.4 Å². The van der Waals surface area contributed by atoms with Gasteiger partial charge in [0.2, 0.25) is 21.8 Å². The van der Waals surface area contributed by atoms with Crippen LogP contribution in [0.15, 0.2) is 51.9 Å². The van der Waals surface area contributed by atoms with E-state index < -0.39 is 10.0 Å². The lowest BCUT2D eigenvalue weighted by molar-refractivity contribution is -0.120. The number of rotatable bonds is 9. The van der Waals surface area contributed by atoms with E-state index in [0.29, 0.717) is 48.3 Å². The van der Waals surface area contributed by atoms with E-state index in [2.05, 4.69) is 15.5 Å². The summed E-state index contributed by atoms with van der Waals surface area (Å²) in [5.41, 5.74) is 1.68. The van der Waals surface area contributed by atoms with Crippen LogP contribution in [0.1, 0.15) is 56.8 Å². The molecule has 1 aromatic heterocycles. The minimum absolute atomic E-state index is 0.0473. The summed E-state index contributed by atoms with van der Waals surface area (Å²) >= 11 is 6.06. The number of ether oxygens (including phenoxy) is 1. The van der Waals surface area contributed by atoms with Crippen molar-refractivity contribution < 1.29 is 22.5 Å². The number of nitrogens with one attached hydrogen (secondary N) is 1. The second-order valence-corrected chi connectivity index (χ2v) is 11.6. The number of anilines is 1. The summed E-state index contributed by atoms with van der Waals surface area (Å²) in [5, 5.41) is 7.27. The zero-order valence-corrected chi connectivity index (χ0v) is 22.7. The highest BCUT2D eigenvalue weighted by Crippen LogP contribution is 2.32. The number of hydrogen-bond donors (Lipinski definition) is 1. The number of sulfonamides is 1. The van der Waals surface area contributed by atoms with Gasteiger partial charge in [0.25, 0.3) is 0 Å². The zero-order valence-electron chi connectivity index (χ0n) is 21.1. The number of carbonyl (C=O) groups excluding carboxylic acids is 1.